The Bertz CT molecular complexity index is 1130. The Kier molecular flexibility index (Phi) is 4.13. The quantitative estimate of drug-likeness (QED) is 0.498. The molecule has 1 fully saturated rings. The maximum Gasteiger partial charge on any atom is 0.495 e. The van der Waals surface area contributed by atoms with E-state index in [2.05, 4.69) is 108 Å². The predicted octanol–water partition coefficient (Wildman–Crippen LogP) is 5.96. The molecule has 1 aliphatic heterocycles. The van der Waals surface area contributed by atoms with E-state index in [-0.39, 0.29) is 23.7 Å². The van der Waals surface area contributed by atoms with Crippen LogP contribution in [0.2, 0.25) is 0 Å². The van der Waals surface area contributed by atoms with Gasteiger partial charge in [0.05, 0.1) is 11.2 Å². The van der Waals surface area contributed by atoms with Gasteiger partial charge in [0.2, 0.25) is 0 Å². The molecule has 0 saturated carbocycles. The third-order valence-corrected chi connectivity index (χ3v) is 7.34. The van der Waals surface area contributed by atoms with Crippen LogP contribution in [-0.4, -0.2) is 18.3 Å². The number of hydrogen-bond acceptors (Lipinski definition) is 2. The molecule has 5 rings (SSSR count). The molecule has 3 aromatic carbocycles. The van der Waals surface area contributed by atoms with Gasteiger partial charge in [0.15, 0.2) is 0 Å². The van der Waals surface area contributed by atoms with Gasteiger partial charge in [-0.25, -0.2) is 0 Å². The highest BCUT2D eigenvalue weighted by atomic mass is 16.7. The summed E-state index contributed by atoms with van der Waals surface area (Å²) in [6.45, 7) is 13.1. The SMILES string of the molecule is CC1(C)c2ccccc2-c2cccc(-c3ccccc3B3OC(C)(C)C(C)(C)O3)c21. The Balaban J connectivity index is 1.69. The average molecular weight is 396 g/mol. The molecule has 0 unspecified atom stereocenters. The van der Waals surface area contributed by atoms with Gasteiger partial charge in [-0.3, -0.25) is 0 Å². The lowest BCUT2D eigenvalue weighted by molar-refractivity contribution is 0.00578. The average Bonchev–Trinajstić information content (AvgIpc) is 3.08. The summed E-state index contributed by atoms with van der Waals surface area (Å²) in [5.74, 6) is 0. The van der Waals surface area contributed by atoms with Gasteiger partial charge in [-0.2, -0.15) is 0 Å². The number of rotatable bonds is 2. The molecule has 0 radical (unpaired) electrons. The summed E-state index contributed by atoms with van der Waals surface area (Å²) in [6, 6.07) is 24.0. The second-order valence-electron chi connectivity index (χ2n) is 10.1. The fourth-order valence-electron chi connectivity index (χ4n) is 4.99. The van der Waals surface area contributed by atoms with Crippen LogP contribution in [0.15, 0.2) is 66.7 Å². The lowest BCUT2D eigenvalue weighted by Gasteiger charge is -2.32. The van der Waals surface area contributed by atoms with Gasteiger partial charge < -0.3 is 9.31 Å². The Labute approximate surface area is 180 Å². The number of fused-ring (bicyclic) bond motifs is 3. The zero-order valence-corrected chi connectivity index (χ0v) is 18.7. The van der Waals surface area contributed by atoms with Crippen LogP contribution in [0.3, 0.4) is 0 Å². The van der Waals surface area contributed by atoms with E-state index in [0.29, 0.717) is 0 Å². The smallest absolute Gasteiger partial charge is 0.399 e. The Morgan fingerprint density at radius 2 is 1.07 bits per heavy atom. The van der Waals surface area contributed by atoms with Crippen molar-refractivity contribution in [2.24, 2.45) is 0 Å². The molecule has 1 heterocycles. The highest BCUT2D eigenvalue weighted by Gasteiger charge is 2.52. The molecule has 30 heavy (non-hydrogen) atoms. The Morgan fingerprint density at radius 3 is 1.73 bits per heavy atom. The number of hydrogen-bond donors (Lipinski definition) is 0. The van der Waals surface area contributed by atoms with E-state index in [1.54, 1.807) is 0 Å². The van der Waals surface area contributed by atoms with Crippen molar-refractivity contribution in [2.45, 2.75) is 58.2 Å². The lowest BCUT2D eigenvalue weighted by Crippen LogP contribution is -2.41. The molecule has 0 atom stereocenters. The normalized spacial score (nSPS) is 20.1. The molecule has 0 aromatic heterocycles. The Morgan fingerprint density at radius 1 is 0.567 bits per heavy atom. The van der Waals surface area contributed by atoms with E-state index in [1.165, 1.54) is 33.4 Å². The monoisotopic (exact) mass is 396 g/mol. The van der Waals surface area contributed by atoms with Crippen LogP contribution in [0.1, 0.15) is 52.7 Å². The van der Waals surface area contributed by atoms with Crippen molar-refractivity contribution in [2.75, 3.05) is 0 Å². The van der Waals surface area contributed by atoms with Crippen LogP contribution in [0.25, 0.3) is 22.3 Å². The first kappa shape index (κ1) is 19.6. The molecule has 152 valence electrons. The molecule has 2 nitrogen and oxygen atoms in total. The lowest BCUT2D eigenvalue weighted by atomic mass is 9.71. The third kappa shape index (κ3) is 2.65. The van der Waals surface area contributed by atoms with E-state index in [9.17, 15) is 0 Å². The summed E-state index contributed by atoms with van der Waals surface area (Å²) >= 11 is 0. The molecule has 0 spiro atoms. The standard InChI is InChI=1S/C27H29BO2/c1-25(2)22-16-9-7-12-18(22)20-14-11-15-21(24(20)25)19-13-8-10-17-23(19)28-29-26(3,4)27(5,6)30-28/h7-17H,1-6H3. The van der Waals surface area contributed by atoms with Gasteiger partial charge in [0.25, 0.3) is 0 Å². The minimum atomic E-state index is -0.381. The second-order valence-corrected chi connectivity index (χ2v) is 10.1. The van der Waals surface area contributed by atoms with E-state index in [0.717, 1.165) is 5.46 Å². The molecule has 1 aliphatic carbocycles. The first-order valence-corrected chi connectivity index (χ1v) is 10.8. The first-order valence-electron chi connectivity index (χ1n) is 10.8. The van der Waals surface area contributed by atoms with E-state index < -0.39 is 0 Å². The van der Waals surface area contributed by atoms with Crippen molar-refractivity contribution in [1.82, 2.24) is 0 Å². The highest BCUT2D eigenvalue weighted by molar-refractivity contribution is 6.63. The van der Waals surface area contributed by atoms with Crippen LogP contribution in [0.4, 0.5) is 0 Å². The topological polar surface area (TPSA) is 18.5 Å². The maximum atomic E-state index is 6.42. The van der Waals surface area contributed by atoms with Crippen molar-refractivity contribution >= 4 is 12.6 Å². The van der Waals surface area contributed by atoms with Crippen molar-refractivity contribution in [3.8, 4) is 22.3 Å². The van der Waals surface area contributed by atoms with E-state index in [4.69, 9.17) is 9.31 Å². The molecule has 1 saturated heterocycles. The zero-order chi connectivity index (χ0) is 21.3. The van der Waals surface area contributed by atoms with Crippen LogP contribution in [0.5, 0.6) is 0 Å². The minimum absolute atomic E-state index is 0.0639. The molecule has 0 N–H and O–H groups in total. The zero-order valence-electron chi connectivity index (χ0n) is 18.7. The fourth-order valence-corrected chi connectivity index (χ4v) is 4.99. The van der Waals surface area contributed by atoms with Gasteiger partial charge >= 0.3 is 7.12 Å². The molecule has 2 aliphatic rings. The second kappa shape index (κ2) is 6.32. The molecular weight excluding hydrogens is 367 g/mol. The van der Waals surface area contributed by atoms with Crippen LogP contribution in [0, 0.1) is 0 Å². The summed E-state index contributed by atoms with van der Waals surface area (Å²) in [4.78, 5) is 0. The summed E-state index contributed by atoms with van der Waals surface area (Å²) in [5, 5.41) is 0. The van der Waals surface area contributed by atoms with Crippen LogP contribution >= 0.6 is 0 Å². The largest absolute Gasteiger partial charge is 0.495 e. The third-order valence-electron chi connectivity index (χ3n) is 7.34. The van der Waals surface area contributed by atoms with Crippen LogP contribution < -0.4 is 5.46 Å². The Hall–Kier alpha value is -2.36. The van der Waals surface area contributed by atoms with Crippen molar-refractivity contribution in [3.05, 3.63) is 77.9 Å². The van der Waals surface area contributed by atoms with E-state index in [1.807, 2.05) is 0 Å². The predicted molar refractivity (Wildman–Crippen MR) is 125 cm³/mol. The molecular formula is C27H29BO2. The summed E-state index contributed by atoms with van der Waals surface area (Å²) in [5.41, 5.74) is 8.20. The fraction of sp³-hybridized carbons (Fsp3) is 0.333. The van der Waals surface area contributed by atoms with Gasteiger partial charge in [0, 0.05) is 5.41 Å². The van der Waals surface area contributed by atoms with Gasteiger partial charge in [-0.15, -0.1) is 0 Å². The number of benzene rings is 3. The molecule has 0 amide bonds. The summed E-state index contributed by atoms with van der Waals surface area (Å²) in [6.07, 6.45) is 0. The van der Waals surface area contributed by atoms with Crippen molar-refractivity contribution in [3.63, 3.8) is 0 Å². The van der Waals surface area contributed by atoms with Gasteiger partial charge in [-0.05, 0) is 66.5 Å². The van der Waals surface area contributed by atoms with Crippen LogP contribution in [-0.2, 0) is 14.7 Å². The van der Waals surface area contributed by atoms with Crippen molar-refractivity contribution < 1.29 is 9.31 Å². The molecule has 0 bridgehead atoms. The minimum Gasteiger partial charge on any atom is -0.399 e. The molecule has 3 heteroatoms. The first-order chi connectivity index (χ1) is 14.1. The summed E-state index contributed by atoms with van der Waals surface area (Å²) < 4.78 is 12.8. The maximum absolute atomic E-state index is 6.42. The van der Waals surface area contributed by atoms with Gasteiger partial charge in [-0.1, -0.05) is 80.6 Å². The summed E-state index contributed by atoms with van der Waals surface area (Å²) in [7, 11) is -0.381. The van der Waals surface area contributed by atoms with Crippen molar-refractivity contribution in [1.29, 1.82) is 0 Å². The van der Waals surface area contributed by atoms with Gasteiger partial charge in [0.1, 0.15) is 0 Å². The molecule has 3 aromatic rings. The highest BCUT2D eigenvalue weighted by Crippen LogP contribution is 2.52. The van der Waals surface area contributed by atoms with E-state index >= 15 is 0 Å².